The van der Waals surface area contributed by atoms with Crippen LogP contribution in [0.1, 0.15) is 37.7 Å². The highest BCUT2D eigenvalue weighted by Gasteiger charge is 2.16. The molecular formula is C18H27NO3. The molecule has 1 aliphatic heterocycles. The molecule has 0 saturated carbocycles. The van der Waals surface area contributed by atoms with Gasteiger partial charge >= 0.3 is 0 Å². The van der Waals surface area contributed by atoms with E-state index in [1.165, 1.54) is 12.8 Å². The van der Waals surface area contributed by atoms with Gasteiger partial charge < -0.3 is 14.4 Å². The summed E-state index contributed by atoms with van der Waals surface area (Å²) in [4.78, 5) is 14.0. The van der Waals surface area contributed by atoms with E-state index in [4.69, 9.17) is 9.47 Å². The zero-order valence-corrected chi connectivity index (χ0v) is 13.7. The van der Waals surface area contributed by atoms with Crippen molar-refractivity contribution in [2.75, 3.05) is 27.3 Å². The van der Waals surface area contributed by atoms with Crippen LogP contribution >= 0.6 is 0 Å². The second-order valence-corrected chi connectivity index (χ2v) is 5.94. The first-order valence-electron chi connectivity index (χ1n) is 8.17. The molecule has 1 heterocycles. The van der Waals surface area contributed by atoms with Crippen molar-refractivity contribution < 1.29 is 14.3 Å². The third-order valence-electron chi connectivity index (χ3n) is 4.25. The molecular weight excluding hydrogens is 278 g/mol. The number of benzene rings is 1. The number of ether oxygens (including phenoxy) is 2. The summed E-state index contributed by atoms with van der Waals surface area (Å²) in [5.41, 5.74) is 1.14. The molecule has 4 heteroatoms. The minimum atomic E-state index is 0.193. The van der Waals surface area contributed by atoms with Crippen LogP contribution in [0.3, 0.4) is 0 Å². The van der Waals surface area contributed by atoms with Crippen molar-refractivity contribution in [2.24, 2.45) is 0 Å². The lowest BCUT2D eigenvalue weighted by Crippen LogP contribution is -2.31. The number of nitrogens with zero attached hydrogens (tertiary/aromatic N) is 1. The second-order valence-electron chi connectivity index (χ2n) is 5.94. The molecule has 0 radical (unpaired) electrons. The van der Waals surface area contributed by atoms with Gasteiger partial charge in [0.2, 0.25) is 5.91 Å². The van der Waals surface area contributed by atoms with Crippen LogP contribution in [-0.4, -0.2) is 44.2 Å². The third-order valence-corrected chi connectivity index (χ3v) is 4.25. The molecule has 1 unspecified atom stereocenters. The SMILES string of the molecule is COc1cccc(CCC(=O)N(C)CCC2CCCCO2)c1. The molecule has 1 atom stereocenters. The Bertz CT molecular complexity index is 469. The molecule has 0 aromatic heterocycles. The van der Waals surface area contributed by atoms with Crippen LogP contribution in [0.4, 0.5) is 0 Å². The molecule has 1 fully saturated rings. The van der Waals surface area contributed by atoms with Crippen molar-refractivity contribution >= 4 is 5.91 Å². The number of carbonyl (C=O) groups is 1. The van der Waals surface area contributed by atoms with Crippen LogP contribution in [0.25, 0.3) is 0 Å². The predicted molar refractivity (Wildman–Crippen MR) is 87.2 cm³/mol. The van der Waals surface area contributed by atoms with Gasteiger partial charge in [0.15, 0.2) is 0 Å². The monoisotopic (exact) mass is 305 g/mol. The average Bonchev–Trinajstić information content (AvgIpc) is 2.58. The molecule has 1 aromatic carbocycles. The summed E-state index contributed by atoms with van der Waals surface area (Å²) < 4.78 is 10.9. The highest BCUT2D eigenvalue weighted by Crippen LogP contribution is 2.17. The van der Waals surface area contributed by atoms with E-state index in [0.29, 0.717) is 12.5 Å². The molecule has 1 aromatic rings. The Hall–Kier alpha value is -1.55. The van der Waals surface area contributed by atoms with Crippen molar-refractivity contribution in [1.29, 1.82) is 0 Å². The minimum Gasteiger partial charge on any atom is -0.497 e. The molecule has 0 aliphatic carbocycles. The van der Waals surface area contributed by atoms with Crippen LogP contribution < -0.4 is 4.74 Å². The Morgan fingerprint density at radius 1 is 1.41 bits per heavy atom. The van der Waals surface area contributed by atoms with Crippen LogP contribution in [0.2, 0.25) is 0 Å². The van der Waals surface area contributed by atoms with E-state index in [2.05, 4.69) is 0 Å². The Morgan fingerprint density at radius 3 is 3.00 bits per heavy atom. The maximum atomic E-state index is 12.2. The lowest BCUT2D eigenvalue weighted by Gasteiger charge is -2.25. The molecule has 1 amide bonds. The maximum Gasteiger partial charge on any atom is 0.222 e. The first-order valence-corrected chi connectivity index (χ1v) is 8.17. The summed E-state index contributed by atoms with van der Waals surface area (Å²) in [6.45, 7) is 1.65. The first kappa shape index (κ1) is 16.8. The van der Waals surface area contributed by atoms with Gasteiger partial charge in [-0.3, -0.25) is 4.79 Å². The van der Waals surface area contributed by atoms with Gasteiger partial charge in [-0.25, -0.2) is 0 Å². The summed E-state index contributed by atoms with van der Waals surface area (Å²) in [6, 6.07) is 7.90. The fourth-order valence-electron chi connectivity index (χ4n) is 2.77. The van der Waals surface area contributed by atoms with Gasteiger partial charge in [-0.2, -0.15) is 0 Å². The lowest BCUT2D eigenvalue weighted by molar-refractivity contribution is -0.130. The molecule has 4 nitrogen and oxygen atoms in total. The highest BCUT2D eigenvalue weighted by atomic mass is 16.5. The van der Waals surface area contributed by atoms with E-state index < -0.39 is 0 Å². The largest absolute Gasteiger partial charge is 0.497 e. The van der Waals surface area contributed by atoms with E-state index in [1.807, 2.05) is 36.2 Å². The number of hydrogen-bond donors (Lipinski definition) is 0. The van der Waals surface area contributed by atoms with Gasteiger partial charge in [0.25, 0.3) is 0 Å². The second kappa shape index (κ2) is 8.79. The van der Waals surface area contributed by atoms with Gasteiger partial charge in [0.05, 0.1) is 13.2 Å². The lowest BCUT2D eigenvalue weighted by atomic mass is 10.1. The van der Waals surface area contributed by atoms with E-state index in [0.717, 1.165) is 43.7 Å². The Morgan fingerprint density at radius 2 is 2.27 bits per heavy atom. The fourth-order valence-corrected chi connectivity index (χ4v) is 2.77. The highest BCUT2D eigenvalue weighted by molar-refractivity contribution is 5.76. The number of carbonyl (C=O) groups excluding carboxylic acids is 1. The summed E-state index contributed by atoms with van der Waals surface area (Å²) in [7, 11) is 3.54. The van der Waals surface area contributed by atoms with Crippen molar-refractivity contribution in [2.45, 2.75) is 44.6 Å². The number of hydrogen-bond acceptors (Lipinski definition) is 3. The Kier molecular flexibility index (Phi) is 6.72. The van der Waals surface area contributed by atoms with E-state index in [9.17, 15) is 4.79 Å². The van der Waals surface area contributed by atoms with E-state index in [-0.39, 0.29) is 5.91 Å². The molecule has 0 bridgehead atoms. The topological polar surface area (TPSA) is 38.8 Å². The average molecular weight is 305 g/mol. The van der Waals surface area contributed by atoms with Crippen molar-refractivity contribution in [1.82, 2.24) is 4.90 Å². The molecule has 2 rings (SSSR count). The standard InChI is InChI=1S/C18H27NO3/c1-19(12-11-16-7-3-4-13-22-16)18(20)10-9-15-6-5-8-17(14-15)21-2/h5-6,8,14,16H,3-4,7,9-13H2,1-2H3. The summed E-state index contributed by atoms with van der Waals surface area (Å²) in [5.74, 6) is 1.03. The third kappa shape index (κ3) is 5.34. The zero-order valence-electron chi connectivity index (χ0n) is 13.7. The molecule has 0 spiro atoms. The van der Waals surface area contributed by atoms with Crippen molar-refractivity contribution in [3.05, 3.63) is 29.8 Å². The van der Waals surface area contributed by atoms with Gasteiger partial charge in [-0.1, -0.05) is 12.1 Å². The normalized spacial score (nSPS) is 18.0. The first-order chi connectivity index (χ1) is 10.7. The van der Waals surface area contributed by atoms with Crippen molar-refractivity contribution in [3.8, 4) is 5.75 Å². The van der Waals surface area contributed by atoms with E-state index >= 15 is 0 Å². The summed E-state index contributed by atoms with van der Waals surface area (Å²) in [6.07, 6.45) is 6.12. The molecule has 0 N–H and O–H groups in total. The zero-order chi connectivity index (χ0) is 15.8. The fraction of sp³-hybridized carbons (Fsp3) is 0.611. The minimum absolute atomic E-state index is 0.193. The maximum absolute atomic E-state index is 12.2. The van der Waals surface area contributed by atoms with Gasteiger partial charge in [0, 0.05) is 26.6 Å². The van der Waals surface area contributed by atoms with E-state index in [1.54, 1.807) is 7.11 Å². The number of aryl methyl sites for hydroxylation is 1. The molecule has 1 saturated heterocycles. The van der Waals surface area contributed by atoms with Crippen LogP contribution in [0.5, 0.6) is 5.75 Å². The Labute approximate surface area is 133 Å². The number of rotatable bonds is 7. The molecule has 122 valence electrons. The van der Waals surface area contributed by atoms with Crippen LogP contribution in [0.15, 0.2) is 24.3 Å². The van der Waals surface area contributed by atoms with Gasteiger partial charge in [-0.05, 0) is 49.8 Å². The molecule has 22 heavy (non-hydrogen) atoms. The number of methoxy groups -OCH3 is 1. The van der Waals surface area contributed by atoms with Gasteiger partial charge in [0.1, 0.15) is 5.75 Å². The smallest absolute Gasteiger partial charge is 0.222 e. The van der Waals surface area contributed by atoms with Crippen LogP contribution in [0, 0.1) is 0 Å². The molecule has 1 aliphatic rings. The summed E-state index contributed by atoms with van der Waals surface area (Å²) >= 11 is 0. The predicted octanol–water partition coefficient (Wildman–Crippen LogP) is 3.05. The van der Waals surface area contributed by atoms with Gasteiger partial charge in [-0.15, -0.1) is 0 Å². The number of amides is 1. The van der Waals surface area contributed by atoms with Crippen LogP contribution in [-0.2, 0) is 16.0 Å². The Balaban J connectivity index is 1.71. The summed E-state index contributed by atoms with van der Waals surface area (Å²) in [5, 5.41) is 0. The van der Waals surface area contributed by atoms with Crippen molar-refractivity contribution in [3.63, 3.8) is 0 Å². The quantitative estimate of drug-likeness (QED) is 0.777.